The zero-order chi connectivity index (χ0) is 11.4. The average Bonchev–Trinajstić information content (AvgIpc) is 2.21. The fourth-order valence-corrected chi connectivity index (χ4v) is 1.17. The van der Waals surface area contributed by atoms with Gasteiger partial charge in [-0.2, -0.15) is 0 Å². The van der Waals surface area contributed by atoms with E-state index in [2.05, 4.69) is 11.9 Å². The predicted octanol–water partition coefficient (Wildman–Crippen LogP) is 2.10. The van der Waals surface area contributed by atoms with Gasteiger partial charge in [0.15, 0.2) is 11.6 Å². The van der Waals surface area contributed by atoms with Gasteiger partial charge < -0.3 is 10.4 Å². The third-order valence-electron chi connectivity index (χ3n) is 1.69. The van der Waals surface area contributed by atoms with Crippen molar-refractivity contribution in [3.8, 4) is 5.75 Å². The van der Waals surface area contributed by atoms with Gasteiger partial charge in [0.05, 0.1) is 5.02 Å². The van der Waals surface area contributed by atoms with Crippen molar-refractivity contribution in [2.45, 2.75) is 0 Å². The molecule has 0 saturated heterocycles. The van der Waals surface area contributed by atoms with Crippen molar-refractivity contribution in [3.05, 3.63) is 41.2 Å². The van der Waals surface area contributed by atoms with Crippen LogP contribution < -0.4 is 5.32 Å². The molecule has 1 aromatic carbocycles. The maximum Gasteiger partial charge on any atom is 0.251 e. The molecule has 0 fully saturated rings. The van der Waals surface area contributed by atoms with Gasteiger partial charge in [-0.3, -0.25) is 4.79 Å². The van der Waals surface area contributed by atoms with Crippen LogP contribution >= 0.6 is 11.6 Å². The molecule has 0 aliphatic carbocycles. The highest BCUT2D eigenvalue weighted by Crippen LogP contribution is 2.27. The van der Waals surface area contributed by atoms with Crippen molar-refractivity contribution in [3.63, 3.8) is 0 Å². The van der Waals surface area contributed by atoms with Crippen LogP contribution in [0.2, 0.25) is 5.02 Å². The molecule has 0 radical (unpaired) electrons. The molecular formula is C10H9ClFNO2. The van der Waals surface area contributed by atoms with E-state index in [9.17, 15) is 9.18 Å². The summed E-state index contributed by atoms with van der Waals surface area (Å²) in [5.74, 6) is -2.06. The molecule has 2 N–H and O–H groups in total. The van der Waals surface area contributed by atoms with E-state index in [0.717, 1.165) is 6.07 Å². The minimum atomic E-state index is -0.925. The number of carbonyl (C=O) groups is 1. The number of halogens is 2. The number of aromatic hydroxyl groups is 1. The zero-order valence-corrected chi connectivity index (χ0v) is 8.51. The zero-order valence-electron chi connectivity index (χ0n) is 7.76. The molecule has 80 valence electrons. The van der Waals surface area contributed by atoms with Crippen molar-refractivity contribution in [2.24, 2.45) is 0 Å². The maximum atomic E-state index is 13.0. The summed E-state index contributed by atoms with van der Waals surface area (Å²) in [7, 11) is 0. The minimum absolute atomic E-state index is 0.0529. The fraction of sp³-hybridized carbons (Fsp3) is 0.100. The highest BCUT2D eigenvalue weighted by molar-refractivity contribution is 6.32. The van der Waals surface area contributed by atoms with Crippen LogP contribution in [-0.2, 0) is 0 Å². The Morgan fingerprint density at radius 3 is 2.87 bits per heavy atom. The molecule has 3 nitrogen and oxygen atoms in total. The molecule has 15 heavy (non-hydrogen) atoms. The van der Waals surface area contributed by atoms with Gasteiger partial charge in [0, 0.05) is 12.1 Å². The Balaban J connectivity index is 2.95. The molecule has 0 aliphatic heterocycles. The van der Waals surface area contributed by atoms with E-state index in [0.29, 0.717) is 0 Å². The summed E-state index contributed by atoms with van der Waals surface area (Å²) >= 11 is 5.51. The summed E-state index contributed by atoms with van der Waals surface area (Å²) in [6.07, 6.45) is 1.50. The number of hydrogen-bond acceptors (Lipinski definition) is 2. The molecule has 0 bridgehead atoms. The lowest BCUT2D eigenvalue weighted by Gasteiger charge is -2.04. The number of phenols is 1. The Labute approximate surface area is 91.2 Å². The third kappa shape index (κ3) is 2.70. The van der Waals surface area contributed by atoms with E-state index in [-0.39, 0.29) is 17.1 Å². The summed E-state index contributed by atoms with van der Waals surface area (Å²) in [5.41, 5.74) is 0.0529. The Bertz CT molecular complexity index is 383. The molecule has 0 unspecified atom stereocenters. The number of amides is 1. The van der Waals surface area contributed by atoms with Gasteiger partial charge in [-0.1, -0.05) is 17.7 Å². The molecule has 0 atom stereocenters. The molecule has 0 spiro atoms. The molecule has 0 heterocycles. The molecular weight excluding hydrogens is 221 g/mol. The largest absolute Gasteiger partial charge is 0.504 e. The molecule has 1 aromatic rings. The Morgan fingerprint density at radius 1 is 1.67 bits per heavy atom. The van der Waals surface area contributed by atoms with Crippen molar-refractivity contribution in [1.29, 1.82) is 0 Å². The highest BCUT2D eigenvalue weighted by Gasteiger charge is 2.12. The summed E-state index contributed by atoms with van der Waals surface area (Å²) in [4.78, 5) is 11.4. The van der Waals surface area contributed by atoms with Gasteiger partial charge in [-0.15, -0.1) is 6.58 Å². The first-order valence-electron chi connectivity index (χ1n) is 4.13. The molecule has 1 rings (SSSR count). The maximum absolute atomic E-state index is 13.0. The normalized spacial score (nSPS) is 9.73. The Hall–Kier alpha value is -1.55. The van der Waals surface area contributed by atoms with Crippen LogP contribution in [-0.4, -0.2) is 17.6 Å². The smallest absolute Gasteiger partial charge is 0.251 e. The highest BCUT2D eigenvalue weighted by atomic mass is 35.5. The van der Waals surface area contributed by atoms with Crippen LogP contribution in [0.3, 0.4) is 0 Å². The number of benzene rings is 1. The second kappa shape index (κ2) is 4.79. The van der Waals surface area contributed by atoms with Crippen molar-refractivity contribution in [1.82, 2.24) is 5.32 Å². The summed E-state index contributed by atoms with van der Waals surface area (Å²) in [6, 6.07) is 2.11. The summed E-state index contributed by atoms with van der Waals surface area (Å²) in [5, 5.41) is 11.3. The lowest BCUT2D eigenvalue weighted by Crippen LogP contribution is -2.23. The van der Waals surface area contributed by atoms with Crippen molar-refractivity contribution >= 4 is 17.5 Å². The fourth-order valence-electron chi connectivity index (χ4n) is 0.964. The Kier molecular flexibility index (Phi) is 3.68. The second-order valence-corrected chi connectivity index (χ2v) is 3.19. The standard InChI is InChI=1S/C10H9ClFNO2/c1-2-3-13-10(15)6-4-7(11)9(14)8(12)5-6/h2,4-5,14H,1,3H2,(H,13,15). The first kappa shape index (κ1) is 11.5. The predicted molar refractivity (Wildman–Crippen MR) is 55.6 cm³/mol. The first-order chi connectivity index (χ1) is 7.06. The topological polar surface area (TPSA) is 49.3 Å². The minimum Gasteiger partial charge on any atom is -0.504 e. The molecule has 1 amide bonds. The molecule has 0 aromatic heterocycles. The Morgan fingerprint density at radius 2 is 2.33 bits per heavy atom. The van der Waals surface area contributed by atoms with Crippen LogP contribution in [0.1, 0.15) is 10.4 Å². The van der Waals surface area contributed by atoms with Gasteiger partial charge in [0.1, 0.15) is 0 Å². The van der Waals surface area contributed by atoms with Crippen LogP contribution in [0.4, 0.5) is 4.39 Å². The molecule has 5 heteroatoms. The van der Waals surface area contributed by atoms with E-state index in [1.807, 2.05) is 0 Å². The van der Waals surface area contributed by atoms with Crippen LogP contribution in [0.25, 0.3) is 0 Å². The SMILES string of the molecule is C=CCNC(=O)c1cc(F)c(O)c(Cl)c1. The molecule has 0 aliphatic rings. The van der Waals surface area contributed by atoms with Gasteiger partial charge >= 0.3 is 0 Å². The number of phenolic OH excluding ortho intramolecular Hbond substituents is 1. The third-order valence-corrected chi connectivity index (χ3v) is 1.97. The van der Waals surface area contributed by atoms with Crippen molar-refractivity contribution in [2.75, 3.05) is 6.54 Å². The molecule has 0 saturated carbocycles. The lowest BCUT2D eigenvalue weighted by atomic mass is 10.2. The lowest BCUT2D eigenvalue weighted by molar-refractivity contribution is 0.0957. The number of nitrogens with one attached hydrogen (secondary N) is 1. The van der Waals surface area contributed by atoms with Gasteiger partial charge in [-0.05, 0) is 12.1 Å². The second-order valence-electron chi connectivity index (χ2n) is 2.79. The van der Waals surface area contributed by atoms with Crippen LogP contribution in [0, 0.1) is 5.82 Å². The van der Waals surface area contributed by atoms with Crippen molar-refractivity contribution < 1.29 is 14.3 Å². The van der Waals surface area contributed by atoms with Crippen LogP contribution in [0.15, 0.2) is 24.8 Å². The summed E-state index contributed by atoms with van der Waals surface area (Å²) in [6.45, 7) is 3.70. The van der Waals surface area contributed by atoms with Gasteiger partial charge in [0.25, 0.3) is 5.91 Å². The van der Waals surface area contributed by atoms with E-state index in [4.69, 9.17) is 16.7 Å². The number of carbonyl (C=O) groups excluding carboxylic acids is 1. The quantitative estimate of drug-likeness (QED) is 0.780. The number of hydrogen-bond donors (Lipinski definition) is 2. The van der Waals surface area contributed by atoms with Gasteiger partial charge in [0.2, 0.25) is 0 Å². The van der Waals surface area contributed by atoms with E-state index < -0.39 is 17.5 Å². The number of rotatable bonds is 3. The summed E-state index contributed by atoms with van der Waals surface area (Å²) < 4.78 is 13.0. The van der Waals surface area contributed by atoms with E-state index in [1.54, 1.807) is 0 Å². The average molecular weight is 230 g/mol. The van der Waals surface area contributed by atoms with E-state index in [1.165, 1.54) is 12.1 Å². The van der Waals surface area contributed by atoms with Gasteiger partial charge in [-0.25, -0.2) is 4.39 Å². The first-order valence-corrected chi connectivity index (χ1v) is 4.51. The monoisotopic (exact) mass is 229 g/mol. The van der Waals surface area contributed by atoms with E-state index >= 15 is 0 Å². The van der Waals surface area contributed by atoms with Crippen LogP contribution in [0.5, 0.6) is 5.75 Å².